The highest BCUT2D eigenvalue weighted by atomic mass is 14.9. The third-order valence-electron chi connectivity index (χ3n) is 2.34. The molecule has 1 aromatic rings. The first-order valence-corrected chi connectivity index (χ1v) is 5.87. The van der Waals surface area contributed by atoms with Crippen LogP contribution < -0.4 is 5.32 Å². The highest BCUT2D eigenvalue weighted by molar-refractivity contribution is 5.49. The molecule has 0 bridgehead atoms. The molecule has 98 valence electrons. The van der Waals surface area contributed by atoms with Crippen molar-refractivity contribution < 1.29 is 0 Å². The van der Waals surface area contributed by atoms with Gasteiger partial charge in [0.05, 0.1) is 17.6 Å². The maximum Gasteiger partial charge on any atom is 0.104 e. The molecule has 0 saturated carbocycles. The first-order valence-electron chi connectivity index (χ1n) is 5.87. The normalized spacial score (nSPS) is 12.5. The first-order chi connectivity index (χ1) is 9.21. The molecular formula is C15H18N4. The zero-order valence-corrected chi connectivity index (χ0v) is 11.3. The number of nitrogens with one attached hydrogen (secondary N) is 1. The Morgan fingerprint density at radius 2 is 2.00 bits per heavy atom. The van der Waals surface area contributed by atoms with Gasteiger partial charge in [-0.3, -0.25) is 15.0 Å². The van der Waals surface area contributed by atoms with Crippen LogP contribution in [-0.2, 0) is 0 Å². The molecule has 1 heterocycles. The number of pyridine rings is 1. The molecule has 0 amide bonds. The number of nitrogens with zero attached hydrogens (tertiary/aromatic N) is 3. The van der Waals surface area contributed by atoms with Crippen LogP contribution in [0.3, 0.4) is 0 Å². The Morgan fingerprint density at radius 1 is 1.26 bits per heavy atom. The summed E-state index contributed by atoms with van der Waals surface area (Å²) < 4.78 is 0. The van der Waals surface area contributed by atoms with E-state index in [2.05, 4.69) is 33.7 Å². The van der Waals surface area contributed by atoms with E-state index in [4.69, 9.17) is 0 Å². The van der Waals surface area contributed by atoms with Crippen molar-refractivity contribution in [3.05, 3.63) is 59.8 Å². The van der Waals surface area contributed by atoms with Crippen LogP contribution in [0.4, 0.5) is 5.69 Å². The second-order valence-corrected chi connectivity index (χ2v) is 3.76. The molecule has 4 heteroatoms. The number of rotatable bonds is 6. The summed E-state index contributed by atoms with van der Waals surface area (Å²) >= 11 is 0. The van der Waals surface area contributed by atoms with Crippen LogP contribution >= 0.6 is 0 Å². The van der Waals surface area contributed by atoms with Crippen LogP contribution in [0, 0.1) is 6.92 Å². The van der Waals surface area contributed by atoms with Crippen molar-refractivity contribution in [1.29, 1.82) is 0 Å². The van der Waals surface area contributed by atoms with Gasteiger partial charge in [-0.15, -0.1) is 0 Å². The maximum absolute atomic E-state index is 4.20. The van der Waals surface area contributed by atoms with Crippen LogP contribution in [0.25, 0.3) is 0 Å². The summed E-state index contributed by atoms with van der Waals surface area (Å²) in [5.41, 5.74) is 3.12. The van der Waals surface area contributed by atoms with E-state index in [0.29, 0.717) is 11.4 Å². The van der Waals surface area contributed by atoms with Gasteiger partial charge in [-0.25, -0.2) is 0 Å². The molecule has 1 aromatic heterocycles. The molecule has 0 aromatic carbocycles. The summed E-state index contributed by atoms with van der Waals surface area (Å²) in [5.74, 6) is 0. The zero-order valence-electron chi connectivity index (χ0n) is 11.3. The lowest BCUT2D eigenvalue weighted by atomic mass is 10.3. The molecule has 0 unspecified atom stereocenters. The van der Waals surface area contributed by atoms with Gasteiger partial charge in [0.25, 0.3) is 0 Å². The first kappa shape index (κ1) is 14.6. The number of aromatic nitrogens is 1. The summed E-state index contributed by atoms with van der Waals surface area (Å²) in [4.78, 5) is 12.1. The second-order valence-electron chi connectivity index (χ2n) is 3.76. The van der Waals surface area contributed by atoms with Crippen LogP contribution in [0.5, 0.6) is 0 Å². The van der Waals surface area contributed by atoms with Gasteiger partial charge in [0, 0.05) is 11.9 Å². The quantitative estimate of drug-likeness (QED) is 0.624. The average molecular weight is 254 g/mol. The summed E-state index contributed by atoms with van der Waals surface area (Å²) in [6.07, 6.45) is 9.08. The largest absolute Gasteiger partial charge is 0.358 e. The third-order valence-corrected chi connectivity index (χ3v) is 2.34. The third kappa shape index (κ3) is 4.71. The molecule has 1 N–H and O–H groups in total. The van der Waals surface area contributed by atoms with Gasteiger partial charge >= 0.3 is 0 Å². The SMILES string of the molecule is C=NC(=C\C=C/C)/C(=C/Nc1ccc(C)nc1)N=C. The smallest absolute Gasteiger partial charge is 0.104 e. The van der Waals surface area contributed by atoms with E-state index in [0.717, 1.165) is 11.4 Å². The fourth-order valence-electron chi connectivity index (χ4n) is 1.31. The van der Waals surface area contributed by atoms with E-state index in [-0.39, 0.29) is 0 Å². The van der Waals surface area contributed by atoms with Crippen LogP contribution in [0.15, 0.2) is 64.1 Å². The lowest BCUT2D eigenvalue weighted by molar-refractivity contribution is 1.19. The lowest BCUT2D eigenvalue weighted by Crippen LogP contribution is -1.93. The predicted octanol–water partition coefficient (Wildman–Crippen LogP) is 3.50. The maximum atomic E-state index is 4.20. The Morgan fingerprint density at radius 3 is 2.53 bits per heavy atom. The summed E-state index contributed by atoms with van der Waals surface area (Å²) in [6.45, 7) is 10.9. The fraction of sp³-hybridized carbons (Fsp3) is 0.133. The monoisotopic (exact) mass is 254 g/mol. The molecule has 19 heavy (non-hydrogen) atoms. The molecular weight excluding hydrogens is 236 g/mol. The average Bonchev–Trinajstić information content (AvgIpc) is 2.44. The standard InChI is InChI=1S/C15H18N4/c1-5-6-7-14(16-3)15(17-4)11-19-13-9-8-12(2)18-10-13/h5-11,19H,3-4H2,1-2H3/b6-5-,14-7-,15-11-. The van der Waals surface area contributed by atoms with Gasteiger partial charge < -0.3 is 5.32 Å². The number of allylic oxidation sites excluding steroid dienone is 3. The topological polar surface area (TPSA) is 49.6 Å². The Bertz CT molecular complexity index is 522. The van der Waals surface area contributed by atoms with Crippen LogP contribution in [0.2, 0.25) is 0 Å². The van der Waals surface area contributed by atoms with Gasteiger partial charge in [-0.05, 0) is 45.5 Å². The minimum atomic E-state index is 0.619. The molecule has 0 saturated heterocycles. The summed E-state index contributed by atoms with van der Waals surface area (Å²) in [7, 11) is 0. The minimum Gasteiger partial charge on any atom is -0.358 e. The van der Waals surface area contributed by atoms with Crippen molar-refractivity contribution in [2.24, 2.45) is 9.98 Å². The molecule has 0 radical (unpaired) electrons. The Balaban J connectivity index is 2.89. The van der Waals surface area contributed by atoms with Crippen molar-refractivity contribution in [2.45, 2.75) is 13.8 Å². The van der Waals surface area contributed by atoms with Gasteiger partial charge in [-0.2, -0.15) is 0 Å². The summed E-state index contributed by atoms with van der Waals surface area (Å²) in [6, 6.07) is 3.87. The molecule has 0 fully saturated rings. The van der Waals surface area contributed by atoms with Crippen molar-refractivity contribution >= 4 is 19.1 Å². The van der Waals surface area contributed by atoms with Gasteiger partial charge in [0.1, 0.15) is 5.70 Å². The molecule has 0 aliphatic carbocycles. The molecule has 0 spiro atoms. The molecule has 0 aliphatic heterocycles. The highest BCUT2D eigenvalue weighted by Crippen LogP contribution is 2.14. The van der Waals surface area contributed by atoms with E-state index in [1.165, 1.54) is 0 Å². The van der Waals surface area contributed by atoms with E-state index >= 15 is 0 Å². The Kier molecular flexibility index (Phi) is 5.95. The number of anilines is 1. The van der Waals surface area contributed by atoms with Crippen LogP contribution in [0.1, 0.15) is 12.6 Å². The number of aryl methyl sites for hydroxylation is 1. The fourth-order valence-corrected chi connectivity index (χ4v) is 1.31. The van der Waals surface area contributed by atoms with Gasteiger partial charge in [0.2, 0.25) is 0 Å². The Hall–Kier alpha value is -2.49. The van der Waals surface area contributed by atoms with Crippen molar-refractivity contribution in [2.75, 3.05) is 5.32 Å². The van der Waals surface area contributed by atoms with Crippen molar-refractivity contribution in [3.63, 3.8) is 0 Å². The highest BCUT2D eigenvalue weighted by Gasteiger charge is 1.99. The number of aliphatic imine (C=N–C) groups is 2. The second kappa shape index (κ2) is 7.76. The minimum absolute atomic E-state index is 0.619. The number of hydrogen-bond acceptors (Lipinski definition) is 4. The van der Waals surface area contributed by atoms with Crippen molar-refractivity contribution in [3.8, 4) is 0 Å². The number of hydrogen-bond donors (Lipinski definition) is 1. The van der Waals surface area contributed by atoms with E-state index in [1.54, 1.807) is 12.4 Å². The van der Waals surface area contributed by atoms with E-state index in [9.17, 15) is 0 Å². The van der Waals surface area contributed by atoms with Gasteiger partial charge in [-0.1, -0.05) is 12.2 Å². The predicted molar refractivity (Wildman–Crippen MR) is 82.7 cm³/mol. The molecule has 1 rings (SSSR count). The summed E-state index contributed by atoms with van der Waals surface area (Å²) in [5, 5.41) is 3.10. The van der Waals surface area contributed by atoms with Crippen molar-refractivity contribution in [1.82, 2.24) is 4.98 Å². The molecule has 0 aliphatic rings. The van der Waals surface area contributed by atoms with E-state index < -0.39 is 0 Å². The molecule has 4 nitrogen and oxygen atoms in total. The van der Waals surface area contributed by atoms with E-state index in [1.807, 2.05) is 44.2 Å². The lowest BCUT2D eigenvalue weighted by Gasteiger charge is -2.04. The van der Waals surface area contributed by atoms with Crippen LogP contribution in [-0.4, -0.2) is 18.4 Å². The van der Waals surface area contributed by atoms with Gasteiger partial charge in [0.15, 0.2) is 0 Å². The Labute approximate surface area is 114 Å². The molecule has 0 atom stereocenters. The zero-order chi connectivity index (χ0) is 14.1.